The number of aromatic nitrogens is 4. The fraction of sp³-hybridized carbons (Fsp3) is 0.600. The maximum Gasteiger partial charge on any atom is 0.223 e. The molecular formula is C15H21N5O. The molecule has 0 bridgehead atoms. The summed E-state index contributed by atoms with van der Waals surface area (Å²) in [5.41, 5.74) is 1.07. The Labute approximate surface area is 124 Å². The molecule has 21 heavy (non-hydrogen) atoms. The summed E-state index contributed by atoms with van der Waals surface area (Å²) in [6.45, 7) is 5.18. The van der Waals surface area contributed by atoms with E-state index in [4.69, 9.17) is 4.52 Å². The third kappa shape index (κ3) is 4.07. The predicted octanol–water partition coefficient (Wildman–Crippen LogP) is 1.67. The van der Waals surface area contributed by atoms with Crippen molar-refractivity contribution in [3.8, 4) is 0 Å². The minimum Gasteiger partial charge on any atom is -0.340 e. The SMILES string of the molecule is Cc1nc(CC2CCN(CCc3cnccn3)CC2)no1. The van der Waals surface area contributed by atoms with Crippen molar-refractivity contribution in [3.63, 3.8) is 0 Å². The van der Waals surface area contributed by atoms with Crippen LogP contribution < -0.4 is 0 Å². The summed E-state index contributed by atoms with van der Waals surface area (Å²) in [7, 11) is 0. The van der Waals surface area contributed by atoms with Gasteiger partial charge >= 0.3 is 0 Å². The van der Waals surface area contributed by atoms with E-state index in [0.29, 0.717) is 11.8 Å². The van der Waals surface area contributed by atoms with Gasteiger partial charge in [-0.1, -0.05) is 5.16 Å². The topological polar surface area (TPSA) is 67.9 Å². The van der Waals surface area contributed by atoms with Gasteiger partial charge in [-0.05, 0) is 31.8 Å². The van der Waals surface area contributed by atoms with Crippen LogP contribution in [0.4, 0.5) is 0 Å². The molecule has 0 aromatic carbocycles. The smallest absolute Gasteiger partial charge is 0.223 e. The number of hydrogen-bond acceptors (Lipinski definition) is 6. The van der Waals surface area contributed by atoms with Crippen molar-refractivity contribution in [2.45, 2.75) is 32.6 Å². The maximum absolute atomic E-state index is 5.03. The van der Waals surface area contributed by atoms with Crippen LogP contribution in [0, 0.1) is 12.8 Å². The van der Waals surface area contributed by atoms with E-state index < -0.39 is 0 Å². The van der Waals surface area contributed by atoms with E-state index in [-0.39, 0.29) is 0 Å². The molecule has 0 radical (unpaired) electrons. The number of aryl methyl sites for hydroxylation is 1. The van der Waals surface area contributed by atoms with Crippen molar-refractivity contribution in [2.24, 2.45) is 5.92 Å². The average Bonchev–Trinajstić information content (AvgIpc) is 2.93. The van der Waals surface area contributed by atoms with Crippen molar-refractivity contribution in [2.75, 3.05) is 19.6 Å². The van der Waals surface area contributed by atoms with Gasteiger partial charge in [-0.25, -0.2) is 0 Å². The lowest BCUT2D eigenvalue weighted by Gasteiger charge is -2.31. The van der Waals surface area contributed by atoms with Crippen LogP contribution in [0.3, 0.4) is 0 Å². The molecule has 0 unspecified atom stereocenters. The van der Waals surface area contributed by atoms with E-state index in [1.54, 1.807) is 12.4 Å². The zero-order valence-electron chi connectivity index (χ0n) is 12.4. The van der Waals surface area contributed by atoms with E-state index in [1.807, 2.05) is 13.1 Å². The van der Waals surface area contributed by atoms with E-state index in [1.165, 1.54) is 12.8 Å². The highest BCUT2D eigenvalue weighted by Gasteiger charge is 2.21. The summed E-state index contributed by atoms with van der Waals surface area (Å²) < 4.78 is 5.03. The molecule has 3 heterocycles. The zero-order chi connectivity index (χ0) is 14.5. The lowest BCUT2D eigenvalue weighted by atomic mass is 9.93. The van der Waals surface area contributed by atoms with Gasteiger partial charge in [0.15, 0.2) is 5.82 Å². The van der Waals surface area contributed by atoms with Crippen LogP contribution in [-0.4, -0.2) is 44.6 Å². The second-order valence-electron chi connectivity index (χ2n) is 5.67. The molecule has 0 saturated carbocycles. The Morgan fingerprint density at radius 2 is 2.14 bits per heavy atom. The van der Waals surface area contributed by atoms with E-state index in [2.05, 4.69) is 25.0 Å². The van der Waals surface area contributed by atoms with Crippen LogP contribution in [-0.2, 0) is 12.8 Å². The molecule has 2 aromatic heterocycles. The molecular weight excluding hydrogens is 266 g/mol. The molecule has 1 aliphatic rings. The highest BCUT2D eigenvalue weighted by molar-refractivity contribution is 4.95. The summed E-state index contributed by atoms with van der Waals surface area (Å²) in [4.78, 5) is 15.2. The highest BCUT2D eigenvalue weighted by atomic mass is 16.5. The quantitative estimate of drug-likeness (QED) is 0.833. The van der Waals surface area contributed by atoms with Crippen LogP contribution in [0.25, 0.3) is 0 Å². The van der Waals surface area contributed by atoms with Crippen LogP contribution in [0.1, 0.15) is 30.3 Å². The summed E-state index contributed by atoms with van der Waals surface area (Å²) in [6.07, 6.45) is 9.65. The summed E-state index contributed by atoms with van der Waals surface area (Å²) >= 11 is 0. The normalized spacial score (nSPS) is 17.2. The van der Waals surface area contributed by atoms with Crippen molar-refractivity contribution < 1.29 is 4.52 Å². The van der Waals surface area contributed by atoms with Crippen LogP contribution >= 0.6 is 0 Å². The average molecular weight is 287 g/mol. The van der Waals surface area contributed by atoms with Gasteiger partial charge in [-0.3, -0.25) is 9.97 Å². The molecule has 6 nitrogen and oxygen atoms in total. The van der Waals surface area contributed by atoms with Crippen LogP contribution in [0.5, 0.6) is 0 Å². The van der Waals surface area contributed by atoms with Crippen molar-refractivity contribution >= 4 is 0 Å². The molecule has 3 rings (SSSR count). The molecule has 0 atom stereocenters. The Bertz CT molecular complexity index is 548. The minimum absolute atomic E-state index is 0.659. The Balaban J connectivity index is 1.40. The first-order valence-corrected chi connectivity index (χ1v) is 7.56. The number of nitrogens with zero attached hydrogens (tertiary/aromatic N) is 5. The summed E-state index contributed by atoms with van der Waals surface area (Å²) in [6, 6.07) is 0. The highest BCUT2D eigenvalue weighted by Crippen LogP contribution is 2.20. The lowest BCUT2D eigenvalue weighted by molar-refractivity contribution is 0.183. The van der Waals surface area contributed by atoms with Crippen molar-refractivity contribution in [3.05, 3.63) is 36.0 Å². The summed E-state index contributed by atoms with van der Waals surface area (Å²) in [5, 5.41) is 3.99. The second kappa shape index (κ2) is 6.76. The third-order valence-electron chi connectivity index (χ3n) is 4.05. The Hall–Kier alpha value is -1.82. The number of likely N-dealkylation sites (tertiary alicyclic amines) is 1. The molecule has 0 spiro atoms. The molecule has 6 heteroatoms. The molecule has 112 valence electrons. The monoisotopic (exact) mass is 287 g/mol. The molecule has 1 aliphatic heterocycles. The largest absolute Gasteiger partial charge is 0.340 e. The van der Waals surface area contributed by atoms with Crippen LogP contribution in [0.15, 0.2) is 23.1 Å². The zero-order valence-corrected chi connectivity index (χ0v) is 12.4. The van der Waals surface area contributed by atoms with Gasteiger partial charge in [0.05, 0.1) is 5.69 Å². The Morgan fingerprint density at radius 1 is 1.29 bits per heavy atom. The standard InChI is InChI=1S/C15H21N5O/c1-12-18-15(19-21-12)10-13-2-7-20(8-3-13)9-4-14-11-16-5-6-17-14/h5-6,11,13H,2-4,7-10H2,1H3. The number of piperidine rings is 1. The van der Waals surface area contributed by atoms with E-state index in [0.717, 1.165) is 44.0 Å². The first-order valence-electron chi connectivity index (χ1n) is 7.56. The molecule has 1 fully saturated rings. The first kappa shape index (κ1) is 14.1. The summed E-state index contributed by atoms with van der Waals surface area (Å²) in [5.74, 6) is 2.19. The van der Waals surface area contributed by atoms with Gasteiger partial charge in [0.2, 0.25) is 5.89 Å². The maximum atomic E-state index is 5.03. The van der Waals surface area contributed by atoms with Gasteiger partial charge in [0.25, 0.3) is 0 Å². The van der Waals surface area contributed by atoms with E-state index >= 15 is 0 Å². The molecule has 2 aromatic rings. The van der Waals surface area contributed by atoms with Gasteiger partial charge in [0.1, 0.15) is 0 Å². The Morgan fingerprint density at radius 3 is 2.81 bits per heavy atom. The van der Waals surface area contributed by atoms with Crippen molar-refractivity contribution in [1.29, 1.82) is 0 Å². The predicted molar refractivity (Wildman–Crippen MR) is 77.6 cm³/mol. The van der Waals surface area contributed by atoms with Gasteiger partial charge < -0.3 is 9.42 Å². The second-order valence-corrected chi connectivity index (χ2v) is 5.67. The van der Waals surface area contributed by atoms with Gasteiger partial charge in [0, 0.05) is 44.9 Å². The van der Waals surface area contributed by atoms with Crippen LogP contribution in [0.2, 0.25) is 0 Å². The molecule has 0 aliphatic carbocycles. The first-order chi connectivity index (χ1) is 10.3. The minimum atomic E-state index is 0.659. The molecule has 0 N–H and O–H groups in total. The van der Waals surface area contributed by atoms with Crippen molar-refractivity contribution in [1.82, 2.24) is 25.0 Å². The fourth-order valence-electron chi connectivity index (χ4n) is 2.83. The Kier molecular flexibility index (Phi) is 4.55. The third-order valence-corrected chi connectivity index (χ3v) is 4.05. The lowest BCUT2D eigenvalue weighted by Crippen LogP contribution is -2.35. The van der Waals surface area contributed by atoms with Gasteiger partial charge in [-0.15, -0.1) is 0 Å². The number of rotatable bonds is 5. The number of hydrogen-bond donors (Lipinski definition) is 0. The van der Waals surface area contributed by atoms with E-state index in [9.17, 15) is 0 Å². The van der Waals surface area contributed by atoms with Gasteiger partial charge in [-0.2, -0.15) is 4.98 Å². The fourth-order valence-corrected chi connectivity index (χ4v) is 2.83. The molecule has 1 saturated heterocycles. The molecule has 0 amide bonds.